The van der Waals surface area contributed by atoms with Crippen LogP contribution in [0.25, 0.3) is 0 Å². The molecule has 0 radical (unpaired) electrons. The quantitative estimate of drug-likeness (QED) is 0.628. The van der Waals surface area contributed by atoms with Gasteiger partial charge in [0.2, 0.25) is 0 Å². The molecule has 14 heavy (non-hydrogen) atoms. The van der Waals surface area contributed by atoms with Crippen LogP contribution in [0, 0.1) is 5.82 Å². The standard InChI is InChI=1S/C9H7BrClFO2/c1-14-8-3-5(12)2-7(11)9(8)6(10)4-13/h2-4,6H,1H3. The van der Waals surface area contributed by atoms with E-state index < -0.39 is 10.6 Å². The number of hydrogen-bond donors (Lipinski definition) is 0. The van der Waals surface area contributed by atoms with E-state index in [1.54, 1.807) is 0 Å². The van der Waals surface area contributed by atoms with E-state index in [0.29, 0.717) is 11.8 Å². The van der Waals surface area contributed by atoms with Crippen LogP contribution in [0.3, 0.4) is 0 Å². The lowest BCUT2D eigenvalue weighted by molar-refractivity contribution is -0.107. The lowest BCUT2D eigenvalue weighted by Crippen LogP contribution is -1.98. The molecule has 0 N–H and O–H groups in total. The summed E-state index contributed by atoms with van der Waals surface area (Å²) in [5, 5.41) is 0.163. The first-order valence-electron chi connectivity index (χ1n) is 3.72. The lowest BCUT2D eigenvalue weighted by Gasteiger charge is -2.11. The summed E-state index contributed by atoms with van der Waals surface area (Å²) in [5.41, 5.74) is 0.436. The molecule has 0 aromatic heterocycles. The molecule has 0 fully saturated rings. The Morgan fingerprint density at radius 1 is 1.64 bits per heavy atom. The molecule has 1 unspecified atom stereocenters. The molecular weight excluding hydrogens is 274 g/mol. The van der Waals surface area contributed by atoms with Crippen LogP contribution in [0.5, 0.6) is 5.75 Å². The minimum absolute atomic E-state index is 0.163. The highest BCUT2D eigenvalue weighted by molar-refractivity contribution is 9.09. The zero-order chi connectivity index (χ0) is 10.7. The molecule has 0 saturated heterocycles. The highest BCUT2D eigenvalue weighted by atomic mass is 79.9. The van der Waals surface area contributed by atoms with Crippen LogP contribution in [-0.4, -0.2) is 13.4 Å². The van der Waals surface area contributed by atoms with Crippen LogP contribution in [0.15, 0.2) is 12.1 Å². The smallest absolute Gasteiger partial charge is 0.138 e. The summed E-state index contributed by atoms with van der Waals surface area (Å²) in [4.78, 5) is 9.96. The molecule has 76 valence electrons. The first kappa shape index (κ1) is 11.5. The summed E-state index contributed by atoms with van der Waals surface area (Å²) in [5.74, 6) is -0.245. The summed E-state index contributed by atoms with van der Waals surface area (Å²) in [6.45, 7) is 0. The van der Waals surface area contributed by atoms with Gasteiger partial charge in [-0.1, -0.05) is 27.5 Å². The summed E-state index contributed by atoms with van der Waals surface area (Å²) in [6.07, 6.45) is 0.654. The topological polar surface area (TPSA) is 26.3 Å². The van der Waals surface area contributed by atoms with Crippen LogP contribution in [0.1, 0.15) is 10.4 Å². The van der Waals surface area contributed by atoms with Crippen molar-refractivity contribution in [3.05, 3.63) is 28.5 Å². The van der Waals surface area contributed by atoms with E-state index in [9.17, 15) is 9.18 Å². The Labute approximate surface area is 94.1 Å². The van der Waals surface area contributed by atoms with Gasteiger partial charge < -0.3 is 9.53 Å². The summed E-state index contributed by atoms with van der Waals surface area (Å²) in [7, 11) is 1.39. The molecule has 5 heteroatoms. The number of aldehydes is 1. The molecule has 0 aliphatic carbocycles. The van der Waals surface area contributed by atoms with E-state index >= 15 is 0 Å². The monoisotopic (exact) mass is 280 g/mol. The fraction of sp³-hybridized carbons (Fsp3) is 0.222. The van der Waals surface area contributed by atoms with E-state index in [1.165, 1.54) is 13.2 Å². The molecule has 1 rings (SSSR count). The van der Waals surface area contributed by atoms with Gasteiger partial charge >= 0.3 is 0 Å². The number of benzene rings is 1. The van der Waals surface area contributed by atoms with Crippen molar-refractivity contribution in [2.75, 3.05) is 7.11 Å². The third-order valence-corrected chi connectivity index (χ3v) is 2.66. The minimum Gasteiger partial charge on any atom is -0.496 e. The Morgan fingerprint density at radius 3 is 2.79 bits per heavy atom. The second kappa shape index (κ2) is 4.75. The van der Waals surface area contributed by atoms with Gasteiger partial charge in [-0.25, -0.2) is 4.39 Å². The molecule has 1 atom stereocenters. The fourth-order valence-corrected chi connectivity index (χ4v) is 1.98. The van der Waals surface area contributed by atoms with Crippen molar-refractivity contribution in [2.24, 2.45) is 0 Å². The summed E-state index contributed by atoms with van der Waals surface area (Å²) in [6, 6.07) is 2.32. The summed E-state index contributed by atoms with van der Waals surface area (Å²) >= 11 is 8.88. The van der Waals surface area contributed by atoms with E-state index in [-0.39, 0.29) is 10.8 Å². The third kappa shape index (κ3) is 2.25. The van der Waals surface area contributed by atoms with Crippen LogP contribution < -0.4 is 4.74 Å². The molecule has 0 aliphatic rings. The number of carbonyl (C=O) groups is 1. The van der Waals surface area contributed by atoms with Crippen LogP contribution in [0.4, 0.5) is 4.39 Å². The molecule has 0 amide bonds. The number of hydrogen-bond acceptors (Lipinski definition) is 2. The predicted molar refractivity (Wildman–Crippen MR) is 55.7 cm³/mol. The van der Waals surface area contributed by atoms with Gasteiger partial charge in [-0.2, -0.15) is 0 Å². The van der Waals surface area contributed by atoms with Crippen molar-refractivity contribution in [3.63, 3.8) is 0 Å². The largest absolute Gasteiger partial charge is 0.496 e. The molecule has 0 heterocycles. The number of methoxy groups -OCH3 is 1. The highest BCUT2D eigenvalue weighted by Crippen LogP contribution is 2.36. The van der Waals surface area contributed by atoms with Crippen molar-refractivity contribution in [1.82, 2.24) is 0 Å². The number of ether oxygens (including phenoxy) is 1. The van der Waals surface area contributed by atoms with Gasteiger partial charge in [0.15, 0.2) is 0 Å². The average Bonchev–Trinajstić information content (AvgIpc) is 2.15. The van der Waals surface area contributed by atoms with Crippen molar-refractivity contribution >= 4 is 33.8 Å². The van der Waals surface area contributed by atoms with Crippen LogP contribution >= 0.6 is 27.5 Å². The van der Waals surface area contributed by atoms with Gasteiger partial charge in [0.05, 0.1) is 17.0 Å². The minimum atomic E-state index is -0.592. The maximum Gasteiger partial charge on any atom is 0.138 e. The van der Waals surface area contributed by atoms with E-state index in [0.717, 1.165) is 6.07 Å². The first-order chi connectivity index (χ1) is 6.60. The Hall–Kier alpha value is -0.610. The highest BCUT2D eigenvalue weighted by Gasteiger charge is 2.17. The molecule has 1 aromatic carbocycles. The van der Waals surface area contributed by atoms with Crippen molar-refractivity contribution in [3.8, 4) is 5.75 Å². The molecular formula is C9H7BrClFO2. The fourth-order valence-electron chi connectivity index (χ4n) is 1.07. The van der Waals surface area contributed by atoms with Gasteiger partial charge in [0.25, 0.3) is 0 Å². The normalized spacial score (nSPS) is 12.3. The van der Waals surface area contributed by atoms with Crippen molar-refractivity contribution < 1.29 is 13.9 Å². The molecule has 0 aliphatic heterocycles. The maximum atomic E-state index is 12.9. The average molecular weight is 282 g/mol. The molecule has 1 aromatic rings. The van der Waals surface area contributed by atoms with Gasteiger partial charge in [-0.15, -0.1) is 0 Å². The van der Waals surface area contributed by atoms with Crippen molar-refractivity contribution in [2.45, 2.75) is 4.83 Å². The van der Waals surface area contributed by atoms with Crippen LogP contribution in [-0.2, 0) is 4.79 Å². The summed E-state index contributed by atoms with van der Waals surface area (Å²) < 4.78 is 17.8. The second-order valence-corrected chi connectivity index (χ2v) is 3.94. The van der Waals surface area contributed by atoms with Gasteiger partial charge in [-0.3, -0.25) is 0 Å². The second-order valence-electron chi connectivity index (χ2n) is 2.54. The SMILES string of the molecule is COc1cc(F)cc(Cl)c1C(Br)C=O. The van der Waals surface area contributed by atoms with E-state index in [4.69, 9.17) is 16.3 Å². The Morgan fingerprint density at radius 2 is 2.29 bits per heavy atom. The zero-order valence-corrected chi connectivity index (χ0v) is 9.60. The maximum absolute atomic E-state index is 12.9. The van der Waals surface area contributed by atoms with Gasteiger partial charge in [-0.05, 0) is 6.07 Å². The molecule has 0 spiro atoms. The van der Waals surface area contributed by atoms with Gasteiger partial charge in [0.1, 0.15) is 17.9 Å². The Balaban J connectivity index is 3.31. The molecule has 0 saturated carbocycles. The van der Waals surface area contributed by atoms with E-state index in [1.807, 2.05) is 0 Å². The Kier molecular flexibility index (Phi) is 3.89. The molecule has 0 bridgehead atoms. The van der Waals surface area contributed by atoms with E-state index in [2.05, 4.69) is 15.9 Å². The van der Waals surface area contributed by atoms with Gasteiger partial charge in [0, 0.05) is 11.6 Å². The zero-order valence-electron chi connectivity index (χ0n) is 7.26. The number of carbonyl (C=O) groups excluding carboxylic acids is 1. The first-order valence-corrected chi connectivity index (χ1v) is 5.01. The predicted octanol–water partition coefficient (Wildman–Crippen LogP) is 3.12. The van der Waals surface area contributed by atoms with Crippen LogP contribution in [0.2, 0.25) is 5.02 Å². The third-order valence-electron chi connectivity index (χ3n) is 1.67. The number of rotatable bonds is 3. The Bertz CT molecular complexity index is 357. The number of halogens is 3. The number of alkyl halides is 1. The van der Waals surface area contributed by atoms with Crippen molar-refractivity contribution in [1.29, 1.82) is 0 Å². The lowest BCUT2D eigenvalue weighted by atomic mass is 10.1. The molecule has 2 nitrogen and oxygen atoms in total.